The number of hydrogen-bond donors (Lipinski definition) is 1. The molecule has 54 heavy (non-hydrogen) atoms. The number of methoxy groups -OCH3 is 2. The van der Waals surface area contributed by atoms with Gasteiger partial charge in [-0.05, 0) is 60.0 Å². The predicted octanol–water partition coefficient (Wildman–Crippen LogP) is 4.31. The summed E-state index contributed by atoms with van der Waals surface area (Å²) in [5.74, 6) is 0.505. The zero-order valence-electron chi connectivity index (χ0n) is 31.5. The molecule has 3 aliphatic rings. The van der Waals surface area contributed by atoms with E-state index >= 15 is 4.79 Å². The molecule has 0 bridgehead atoms. The largest absolute Gasteiger partial charge is 0.497 e. The second kappa shape index (κ2) is 14.6. The van der Waals surface area contributed by atoms with Gasteiger partial charge < -0.3 is 29.0 Å². The molecular formula is C40H47N5O8Si. The lowest BCUT2D eigenvalue weighted by Crippen LogP contribution is -2.54. The van der Waals surface area contributed by atoms with Crippen molar-refractivity contribution in [3.05, 3.63) is 89.7 Å². The molecule has 2 fully saturated rings. The van der Waals surface area contributed by atoms with E-state index in [1.54, 1.807) is 23.8 Å². The van der Waals surface area contributed by atoms with Crippen molar-refractivity contribution in [2.75, 3.05) is 30.6 Å². The van der Waals surface area contributed by atoms with Crippen LogP contribution in [0, 0.1) is 5.92 Å². The molecule has 13 nitrogen and oxygen atoms in total. The molecule has 0 saturated carbocycles. The molecule has 1 N–H and O–H groups in total. The maximum atomic E-state index is 15.2. The van der Waals surface area contributed by atoms with E-state index in [1.165, 1.54) is 17.0 Å². The average Bonchev–Trinajstić information content (AvgIpc) is 3.80. The number of aryl methyl sites for hydroxylation is 1. The summed E-state index contributed by atoms with van der Waals surface area (Å²) in [6.45, 7) is 8.97. The molecule has 14 heteroatoms. The topological polar surface area (TPSA) is 146 Å². The van der Waals surface area contributed by atoms with Gasteiger partial charge in [0.25, 0.3) is 5.91 Å². The Morgan fingerprint density at radius 3 is 2.37 bits per heavy atom. The van der Waals surface area contributed by atoms with Crippen LogP contribution in [0.3, 0.4) is 0 Å². The van der Waals surface area contributed by atoms with Crippen LogP contribution in [-0.2, 0) is 49.0 Å². The number of carbonyl (C=O) groups excluding carboxylic acids is 3. The second-order valence-corrected chi connectivity index (χ2v) is 19.6. The number of aromatic nitrogens is 3. The minimum atomic E-state index is -2.38. The predicted molar refractivity (Wildman–Crippen MR) is 203 cm³/mol. The van der Waals surface area contributed by atoms with E-state index in [0.29, 0.717) is 30.8 Å². The number of ether oxygens (including phenoxy) is 4. The summed E-state index contributed by atoms with van der Waals surface area (Å²) in [4.78, 5) is 42.5. The molecule has 0 aliphatic carbocycles. The maximum Gasteiger partial charge on any atom is 0.304 e. The van der Waals surface area contributed by atoms with Crippen molar-refractivity contribution in [1.82, 2.24) is 15.0 Å². The average molecular weight is 754 g/mol. The van der Waals surface area contributed by atoms with Crippen LogP contribution in [0.25, 0.3) is 0 Å². The van der Waals surface area contributed by atoms with Crippen LogP contribution in [0.5, 0.6) is 11.5 Å². The smallest absolute Gasteiger partial charge is 0.304 e. The fourth-order valence-electron chi connectivity index (χ4n) is 8.71. The van der Waals surface area contributed by atoms with Crippen molar-refractivity contribution in [2.24, 2.45) is 5.92 Å². The van der Waals surface area contributed by atoms with Crippen molar-refractivity contribution in [3.8, 4) is 11.5 Å². The molecule has 4 heterocycles. The number of rotatable bonds is 13. The van der Waals surface area contributed by atoms with E-state index < -0.39 is 25.9 Å². The van der Waals surface area contributed by atoms with Gasteiger partial charge in [-0.2, -0.15) is 0 Å². The minimum absolute atomic E-state index is 0.00547. The Kier molecular flexibility index (Phi) is 10.1. The molecule has 1 unspecified atom stereocenters. The Morgan fingerprint density at radius 1 is 1.02 bits per heavy atom. The van der Waals surface area contributed by atoms with Gasteiger partial charge in [0, 0.05) is 49.9 Å². The Bertz CT molecular complexity index is 2040. The summed E-state index contributed by atoms with van der Waals surface area (Å²) >= 11 is 0. The van der Waals surface area contributed by atoms with Gasteiger partial charge >= 0.3 is 5.97 Å². The normalized spacial score (nSPS) is 23.5. The lowest BCUT2D eigenvalue weighted by Gasteiger charge is -2.39. The van der Waals surface area contributed by atoms with E-state index in [-0.39, 0.29) is 48.9 Å². The van der Waals surface area contributed by atoms with Gasteiger partial charge in [0.2, 0.25) is 5.91 Å². The first-order valence-corrected chi connectivity index (χ1v) is 21.4. The number of amides is 2. The van der Waals surface area contributed by atoms with Crippen molar-refractivity contribution in [3.63, 3.8) is 0 Å². The van der Waals surface area contributed by atoms with E-state index in [4.69, 9.17) is 18.9 Å². The van der Waals surface area contributed by atoms with Gasteiger partial charge in [-0.15, -0.1) is 5.10 Å². The molecule has 7 rings (SSSR count). The van der Waals surface area contributed by atoms with Crippen molar-refractivity contribution in [2.45, 2.75) is 82.8 Å². The number of anilines is 2. The number of hydrogen-bond acceptors (Lipinski definition) is 10. The number of esters is 1. The first-order chi connectivity index (χ1) is 25.9. The summed E-state index contributed by atoms with van der Waals surface area (Å²) in [7, 11) is 0.899. The third-order valence-corrected chi connectivity index (χ3v) is 15.8. The van der Waals surface area contributed by atoms with Crippen LogP contribution in [0.2, 0.25) is 18.6 Å². The molecule has 1 aromatic heterocycles. The lowest BCUT2D eigenvalue weighted by atomic mass is 9.82. The summed E-state index contributed by atoms with van der Waals surface area (Å²) < 4.78 is 25.6. The quantitative estimate of drug-likeness (QED) is 0.119. The second-order valence-electron chi connectivity index (χ2n) is 14.9. The van der Waals surface area contributed by atoms with E-state index in [2.05, 4.69) is 42.5 Å². The minimum Gasteiger partial charge on any atom is -0.497 e. The van der Waals surface area contributed by atoms with Gasteiger partial charge in [-0.1, -0.05) is 54.7 Å². The highest BCUT2D eigenvalue weighted by molar-refractivity contribution is 6.91. The fraction of sp³-hybridized carbons (Fsp3) is 0.425. The first kappa shape index (κ1) is 37.3. The van der Waals surface area contributed by atoms with Crippen molar-refractivity contribution >= 4 is 42.4 Å². The van der Waals surface area contributed by atoms with E-state index in [9.17, 15) is 14.7 Å². The van der Waals surface area contributed by atoms with Crippen molar-refractivity contribution < 1.29 is 38.4 Å². The van der Waals surface area contributed by atoms with Gasteiger partial charge in [0.15, 0.2) is 11.8 Å². The lowest BCUT2D eigenvalue weighted by molar-refractivity contribution is -0.154. The van der Waals surface area contributed by atoms with E-state index in [0.717, 1.165) is 28.3 Å². The zero-order chi connectivity index (χ0) is 38.4. The van der Waals surface area contributed by atoms with Gasteiger partial charge in [-0.3, -0.25) is 24.0 Å². The van der Waals surface area contributed by atoms with Gasteiger partial charge in [0.05, 0.1) is 52.7 Å². The molecule has 0 radical (unpaired) electrons. The number of aliphatic hydroxyl groups excluding tert-OH is 1. The number of benzene rings is 3. The van der Waals surface area contributed by atoms with Crippen molar-refractivity contribution in [1.29, 1.82) is 0 Å². The third-order valence-electron chi connectivity index (χ3n) is 11.4. The number of aliphatic hydroxyl groups is 1. The molecular weight excluding hydrogens is 707 g/mol. The number of carbonyl (C=O) groups is 3. The fourth-order valence-corrected chi connectivity index (χ4v) is 12.8. The summed E-state index contributed by atoms with van der Waals surface area (Å²) in [6.07, 6.45) is 2.11. The van der Waals surface area contributed by atoms with Gasteiger partial charge in [0.1, 0.15) is 11.5 Å². The maximum absolute atomic E-state index is 15.2. The zero-order valence-corrected chi connectivity index (χ0v) is 32.5. The molecule has 1 spiro atoms. The van der Waals surface area contributed by atoms with Crippen LogP contribution in [0.15, 0.2) is 72.9 Å². The highest BCUT2D eigenvalue weighted by Crippen LogP contribution is 2.60. The number of β-lactam (4-membered cyclic amide) rings is 1. The van der Waals surface area contributed by atoms with Crippen LogP contribution in [-0.4, -0.2) is 79.1 Å². The standard InChI is InChI=1S/C40H47N5O8Si/c1-25-38(54(5,6)32-14-11-30(50-3)12-15-32)35(17-19-43-24-28(18-20-46)41-42-43)53-40(25)33-21-31(51-4)13-16-34(33)44(39(40)49)23-27-7-9-29(10-8-27)45-36(48)22-37(45)52-26(2)47/h7-16,21,24-25,35,37-38,46H,17-20,22-23H2,1-6H3/t25-,35+,37?,38-,40+/m0/s1. The molecule has 3 aromatic carbocycles. The number of nitrogens with zero attached hydrogens (tertiary/aromatic N) is 5. The Balaban J connectivity index is 1.24. The van der Waals surface area contributed by atoms with Crippen LogP contribution >= 0.6 is 0 Å². The molecule has 2 amide bonds. The molecule has 4 aromatic rings. The molecule has 284 valence electrons. The highest BCUT2D eigenvalue weighted by atomic mass is 28.3. The summed E-state index contributed by atoms with van der Waals surface area (Å²) in [5.41, 5.74) is 2.49. The van der Waals surface area contributed by atoms with Crippen LogP contribution in [0.1, 0.15) is 43.5 Å². The Hall–Kier alpha value is -5.05. The first-order valence-electron chi connectivity index (χ1n) is 18.3. The highest BCUT2D eigenvalue weighted by Gasteiger charge is 2.66. The molecule has 2 saturated heterocycles. The Morgan fingerprint density at radius 2 is 1.72 bits per heavy atom. The molecule has 3 aliphatic heterocycles. The molecule has 5 atom stereocenters. The van der Waals surface area contributed by atoms with Crippen LogP contribution < -0.4 is 24.5 Å². The van der Waals surface area contributed by atoms with Gasteiger partial charge in [-0.25, -0.2) is 0 Å². The number of fused-ring (bicyclic) bond motifs is 2. The van der Waals surface area contributed by atoms with E-state index in [1.807, 2.05) is 60.8 Å². The summed E-state index contributed by atoms with van der Waals surface area (Å²) in [6, 6.07) is 21.4. The third kappa shape index (κ3) is 6.45. The Labute approximate surface area is 315 Å². The van der Waals surface area contributed by atoms with Crippen LogP contribution in [0.4, 0.5) is 11.4 Å². The SMILES string of the molecule is COc1ccc([Si](C)(C)[C@@H]2[C@@H](CCn3cc(CCO)nn3)O[C@]3(C(=O)N(Cc4ccc(N5C(=O)CC5OC(C)=O)cc4)c4ccc(OC)cc43)[C@H]2C)cc1. The summed E-state index contributed by atoms with van der Waals surface area (Å²) in [5, 5.41) is 19.2. The monoisotopic (exact) mass is 753 g/mol.